The zero-order valence-electron chi connectivity index (χ0n) is 47.0. The lowest BCUT2D eigenvalue weighted by Crippen LogP contribution is -2.60. The van der Waals surface area contributed by atoms with Crippen LogP contribution in [0.1, 0.15) is 123 Å². The molecule has 1 heterocycles. The third-order valence-corrected chi connectivity index (χ3v) is 21.5. The van der Waals surface area contributed by atoms with E-state index in [9.17, 15) is 19.5 Å². The maximum atomic E-state index is 15.3. The molecule has 0 spiro atoms. The standard InChI is InChI=1S/C61H84N6O10Si/c1-9-44(8)55(64-57(70)54(77-78(41(2)3,42(4)5)43(6)7)35-45-27-31-51(32-28-45)74-38-46-21-13-10-14-22-46)58(71)67-52-37-50(68)30-29-49(52)36-53(67)56(69)62-33-19-20-34-63-59(65-60(72)75-39-47-23-15-11-16-24-47)66-61(73)76-40-48-25-17-12-18-26-48/h10-18,21-28,31-32,41-44,49-50,52-55,68H,9,19-20,29-30,33-40H2,1-8H3,(H,62,69)(H,64,70)(H2,63,65,66,72,73)/t44-,49-,50+,52-,53-,54+,55+/m0/s1. The molecule has 6 rings (SSSR count). The van der Waals surface area contributed by atoms with Crippen molar-refractivity contribution in [2.45, 2.75) is 174 Å². The highest BCUT2D eigenvalue weighted by atomic mass is 28.4. The predicted molar refractivity (Wildman–Crippen MR) is 305 cm³/mol. The van der Waals surface area contributed by atoms with Crippen LogP contribution in [0.2, 0.25) is 16.6 Å². The first kappa shape index (κ1) is 60.7. The summed E-state index contributed by atoms with van der Waals surface area (Å²) in [5, 5.41) is 22.3. The Morgan fingerprint density at radius 3 is 1.74 bits per heavy atom. The minimum atomic E-state index is -2.65. The van der Waals surface area contributed by atoms with E-state index in [2.05, 4.69) is 67.8 Å². The smallest absolute Gasteiger partial charge is 0.414 e. The van der Waals surface area contributed by atoms with Crippen molar-refractivity contribution in [1.29, 1.82) is 0 Å². The Bertz CT molecular complexity index is 2470. The van der Waals surface area contributed by atoms with Crippen LogP contribution in [-0.2, 0) is 54.5 Å². The second-order valence-corrected chi connectivity index (χ2v) is 27.2. The van der Waals surface area contributed by atoms with Crippen LogP contribution in [0, 0.1) is 11.8 Å². The van der Waals surface area contributed by atoms with Crippen LogP contribution >= 0.6 is 0 Å². The SMILES string of the molecule is CC[C@H](C)[C@@H](NC(=O)[C@@H](Cc1ccc(OCc2ccccc2)cc1)O[Si](C(C)C)(C(C)C)C(C)C)C(=O)N1[C@H](C(=O)NCCCCN=C(NC(=O)OCc2ccccc2)NC(=O)OCc2ccccc2)C[C@@H]2CC[C@@H](O)C[C@@H]21. The number of carbonyl (C=O) groups is 5. The lowest BCUT2D eigenvalue weighted by atomic mass is 9.83. The molecule has 1 saturated heterocycles. The molecule has 7 atom stereocenters. The van der Waals surface area contributed by atoms with E-state index >= 15 is 9.59 Å². The van der Waals surface area contributed by atoms with Crippen LogP contribution < -0.4 is 26.0 Å². The second kappa shape index (κ2) is 30.0. The lowest BCUT2D eigenvalue weighted by molar-refractivity contribution is -0.146. The number of aliphatic hydroxyl groups excluding tert-OH is 1. The summed E-state index contributed by atoms with van der Waals surface area (Å²) in [6, 6.07) is 33.9. The van der Waals surface area contributed by atoms with E-state index in [0.717, 1.165) is 22.3 Å². The number of aliphatic imine (C=N–C) groups is 1. The predicted octanol–water partition coefficient (Wildman–Crippen LogP) is 10.1. The number of ether oxygens (including phenoxy) is 3. The largest absolute Gasteiger partial charge is 0.489 e. The number of rotatable bonds is 25. The van der Waals surface area contributed by atoms with Crippen LogP contribution in [0.4, 0.5) is 9.59 Å². The van der Waals surface area contributed by atoms with Crippen LogP contribution in [0.3, 0.4) is 0 Å². The molecule has 0 aromatic heterocycles. The molecule has 4 aromatic rings. The maximum Gasteiger partial charge on any atom is 0.414 e. The number of benzene rings is 4. The zero-order chi connectivity index (χ0) is 56.2. The molecule has 422 valence electrons. The fourth-order valence-corrected chi connectivity index (χ4v) is 16.7. The summed E-state index contributed by atoms with van der Waals surface area (Å²) in [6.45, 7) is 17.9. The fraction of sp³-hybridized carbons (Fsp3) is 0.508. The number of alkyl carbamates (subject to hydrolysis) is 2. The molecule has 17 heteroatoms. The molecule has 1 saturated carbocycles. The normalized spacial score (nSPS) is 18.3. The highest BCUT2D eigenvalue weighted by Gasteiger charge is 2.52. The van der Waals surface area contributed by atoms with Crippen LogP contribution in [-0.4, -0.2) is 97.6 Å². The van der Waals surface area contributed by atoms with E-state index < -0.39 is 44.8 Å². The van der Waals surface area contributed by atoms with Gasteiger partial charge in [0, 0.05) is 25.6 Å². The molecule has 5 N–H and O–H groups in total. The summed E-state index contributed by atoms with van der Waals surface area (Å²) in [7, 11) is -2.65. The molecule has 1 aliphatic heterocycles. The number of hydrogen-bond acceptors (Lipinski definition) is 11. The monoisotopic (exact) mass is 1090 g/mol. The van der Waals surface area contributed by atoms with Gasteiger partial charge in [-0.05, 0) is 101 Å². The highest BCUT2D eigenvalue weighted by Crippen LogP contribution is 2.44. The van der Waals surface area contributed by atoms with Gasteiger partial charge in [0.15, 0.2) is 0 Å². The highest BCUT2D eigenvalue weighted by molar-refractivity contribution is 6.77. The summed E-state index contributed by atoms with van der Waals surface area (Å²) in [4.78, 5) is 76.4. The molecule has 78 heavy (non-hydrogen) atoms. The van der Waals surface area contributed by atoms with Crippen LogP contribution in [0.25, 0.3) is 0 Å². The van der Waals surface area contributed by atoms with Crippen molar-refractivity contribution >= 4 is 44.2 Å². The van der Waals surface area contributed by atoms with E-state index in [1.54, 1.807) is 4.90 Å². The molecule has 1 aliphatic carbocycles. The van der Waals surface area contributed by atoms with Crippen molar-refractivity contribution in [3.63, 3.8) is 0 Å². The Labute approximate surface area is 463 Å². The van der Waals surface area contributed by atoms with Gasteiger partial charge in [0.05, 0.1) is 6.10 Å². The number of nitrogens with one attached hydrogen (secondary N) is 4. The fourth-order valence-electron chi connectivity index (χ4n) is 11.2. The number of aliphatic hydroxyl groups is 1. The Kier molecular flexibility index (Phi) is 23.3. The molecule has 0 bridgehead atoms. The first-order chi connectivity index (χ1) is 37.5. The number of nitrogens with zero attached hydrogens (tertiary/aromatic N) is 2. The van der Waals surface area contributed by atoms with Gasteiger partial charge in [-0.2, -0.15) is 0 Å². The first-order valence-corrected chi connectivity index (χ1v) is 30.1. The van der Waals surface area contributed by atoms with Gasteiger partial charge in [-0.3, -0.25) is 30.0 Å². The minimum absolute atomic E-state index is 0.00150. The van der Waals surface area contributed by atoms with Gasteiger partial charge in [0.1, 0.15) is 43.8 Å². The summed E-state index contributed by atoms with van der Waals surface area (Å²) < 4.78 is 24.1. The number of carbonyl (C=O) groups excluding carboxylic acids is 5. The van der Waals surface area contributed by atoms with Gasteiger partial charge in [-0.1, -0.05) is 165 Å². The second-order valence-electron chi connectivity index (χ2n) is 21.8. The molecule has 4 aromatic carbocycles. The van der Waals surface area contributed by atoms with Gasteiger partial charge >= 0.3 is 12.2 Å². The average Bonchev–Trinajstić information content (AvgIpc) is 3.94. The summed E-state index contributed by atoms with van der Waals surface area (Å²) in [5.41, 5.74) is 4.08. The summed E-state index contributed by atoms with van der Waals surface area (Å²) >= 11 is 0. The third kappa shape index (κ3) is 17.2. The topological polar surface area (TPSA) is 206 Å². The molecule has 5 amide bonds. The lowest BCUT2D eigenvalue weighted by Gasteiger charge is -2.44. The van der Waals surface area contributed by atoms with E-state index in [1.165, 1.54) is 0 Å². The Morgan fingerprint density at radius 1 is 0.679 bits per heavy atom. The van der Waals surface area contributed by atoms with Crippen molar-refractivity contribution in [2.24, 2.45) is 16.8 Å². The molecular weight excluding hydrogens is 1000 g/mol. The number of unbranched alkanes of at least 4 members (excludes halogenated alkanes) is 1. The third-order valence-electron chi connectivity index (χ3n) is 15.4. The van der Waals surface area contributed by atoms with Gasteiger partial charge in [0.2, 0.25) is 32.0 Å². The molecule has 0 unspecified atom stereocenters. The first-order valence-electron chi connectivity index (χ1n) is 28.0. The Hall–Kier alpha value is -6.56. The number of likely N-dealkylation sites (tertiary alicyclic amines) is 1. The van der Waals surface area contributed by atoms with E-state index in [1.807, 2.05) is 129 Å². The number of amides is 5. The van der Waals surface area contributed by atoms with Crippen LogP contribution in [0.15, 0.2) is 120 Å². The van der Waals surface area contributed by atoms with Crippen molar-refractivity contribution in [1.82, 2.24) is 26.2 Å². The number of hydrogen-bond donors (Lipinski definition) is 5. The van der Waals surface area contributed by atoms with Crippen molar-refractivity contribution in [2.75, 3.05) is 13.1 Å². The molecular formula is C61H84N6O10Si. The van der Waals surface area contributed by atoms with Gasteiger partial charge in [-0.15, -0.1) is 0 Å². The van der Waals surface area contributed by atoms with E-state index in [-0.39, 0.29) is 90.9 Å². The molecule has 16 nitrogen and oxygen atoms in total. The van der Waals surface area contributed by atoms with Crippen molar-refractivity contribution < 1.29 is 47.7 Å². The van der Waals surface area contributed by atoms with E-state index in [4.69, 9.17) is 18.6 Å². The summed E-state index contributed by atoms with van der Waals surface area (Å²) in [5.74, 6) is -0.772. The average molecular weight is 1090 g/mol. The van der Waals surface area contributed by atoms with Gasteiger partial charge in [0.25, 0.3) is 0 Å². The van der Waals surface area contributed by atoms with E-state index in [0.29, 0.717) is 57.3 Å². The molecule has 2 aliphatic rings. The maximum absolute atomic E-state index is 15.3. The quantitative estimate of drug-likeness (QED) is 0.0184. The number of guanidine groups is 1. The van der Waals surface area contributed by atoms with Crippen molar-refractivity contribution in [3.05, 3.63) is 138 Å². The Balaban J connectivity index is 1.14. The van der Waals surface area contributed by atoms with Crippen LogP contribution in [0.5, 0.6) is 5.75 Å². The summed E-state index contributed by atoms with van der Waals surface area (Å²) in [6.07, 6.45) is 0.648. The van der Waals surface area contributed by atoms with Crippen molar-refractivity contribution in [3.8, 4) is 5.75 Å². The van der Waals surface area contributed by atoms with Gasteiger partial charge in [-0.25, -0.2) is 9.59 Å². The van der Waals surface area contributed by atoms with Gasteiger partial charge < -0.3 is 39.3 Å². The molecule has 2 fully saturated rings. The zero-order valence-corrected chi connectivity index (χ0v) is 48.0. The Morgan fingerprint density at radius 2 is 1.22 bits per heavy atom. The number of fused-ring (bicyclic) bond motifs is 1. The molecule has 0 radical (unpaired) electrons. The minimum Gasteiger partial charge on any atom is -0.489 e.